The largest absolute Gasteiger partial charge is 0.340 e. The number of nitrogens with zero attached hydrogens (tertiary/aromatic N) is 2. The Morgan fingerprint density at radius 1 is 0.900 bits per heavy atom. The van der Waals surface area contributed by atoms with Gasteiger partial charge in [0, 0.05) is 17.6 Å². The molecule has 0 aliphatic heterocycles. The van der Waals surface area contributed by atoms with Gasteiger partial charge in [-0.1, -0.05) is 66.2 Å². The van der Waals surface area contributed by atoms with E-state index in [2.05, 4.69) is 25.8 Å². The van der Waals surface area contributed by atoms with Gasteiger partial charge in [0.15, 0.2) is 5.82 Å². The minimum Gasteiger partial charge on any atom is -0.340 e. The molecule has 0 saturated carbocycles. The number of hydrogen-bond donors (Lipinski definition) is 3. The summed E-state index contributed by atoms with van der Waals surface area (Å²) in [6.07, 6.45) is 1.69. The smallest absolute Gasteiger partial charge is 0.263 e. The van der Waals surface area contributed by atoms with Gasteiger partial charge >= 0.3 is 0 Å². The number of nitrogens with one attached hydrogen (secondary N) is 3. The zero-order valence-corrected chi connectivity index (χ0v) is 16.5. The summed E-state index contributed by atoms with van der Waals surface area (Å²) in [4.78, 5) is 17.6. The van der Waals surface area contributed by atoms with E-state index in [1.165, 1.54) is 0 Å². The second kappa shape index (κ2) is 8.87. The number of carbonyl (C=O) groups is 1. The van der Waals surface area contributed by atoms with E-state index in [0.29, 0.717) is 22.9 Å². The molecule has 1 heterocycles. The fourth-order valence-electron chi connectivity index (χ4n) is 2.90. The third-order valence-corrected chi connectivity index (χ3v) is 4.46. The van der Waals surface area contributed by atoms with Crippen LogP contribution in [0.5, 0.6) is 0 Å². The predicted molar refractivity (Wildman–Crippen MR) is 121 cm³/mol. The van der Waals surface area contributed by atoms with Crippen LogP contribution in [0.25, 0.3) is 0 Å². The maximum atomic E-state index is 13.1. The Balaban J connectivity index is 1.66. The number of aliphatic imine (C=N–C) groups is 1. The first-order valence-electron chi connectivity index (χ1n) is 9.56. The number of H-pyrrole nitrogens is 1. The van der Waals surface area contributed by atoms with Crippen LogP contribution in [-0.2, 0) is 0 Å². The molecule has 0 unspecified atom stereocenters. The zero-order valence-electron chi connectivity index (χ0n) is 16.5. The number of rotatable bonds is 6. The van der Waals surface area contributed by atoms with Crippen molar-refractivity contribution in [3.05, 3.63) is 102 Å². The van der Waals surface area contributed by atoms with Crippen molar-refractivity contribution in [3.8, 4) is 0 Å². The molecule has 0 spiro atoms. The minimum atomic E-state index is -0.300. The zero-order chi connectivity index (χ0) is 20.8. The lowest BCUT2D eigenvalue weighted by molar-refractivity contribution is 0.102. The maximum absolute atomic E-state index is 13.1. The topological polar surface area (TPSA) is 82.2 Å². The highest BCUT2D eigenvalue weighted by molar-refractivity contribution is 6.11. The highest BCUT2D eigenvalue weighted by atomic mass is 16.1. The fraction of sp³-hybridized carbons (Fsp3) is 0.0417. The van der Waals surface area contributed by atoms with Crippen LogP contribution >= 0.6 is 0 Å². The number of anilines is 3. The maximum Gasteiger partial charge on any atom is 0.263 e. The van der Waals surface area contributed by atoms with Crippen molar-refractivity contribution in [1.82, 2.24) is 10.2 Å². The van der Waals surface area contributed by atoms with Crippen molar-refractivity contribution in [1.29, 1.82) is 0 Å². The minimum absolute atomic E-state index is 0.300. The van der Waals surface area contributed by atoms with Gasteiger partial charge < -0.3 is 10.6 Å². The predicted octanol–water partition coefficient (Wildman–Crippen LogP) is 5.46. The van der Waals surface area contributed by atoms with Gasteiger partial charge in [0.05, 0.1) is 0 Å². The van der Waals surface area contributed by atoms with Crippen molar-refractivity contribution in [2.75, 3.05) is 10.6 Å². The van der Waals surface area contributed by atoms with Crippen molar-refractivity contribution in [2.45, 2.75) is 6.92 Å². The Kier molecular flexibility index (Phi) is 5.66. The summed E-state index contributed by atoms with van der Waals surface area (Å²) in [7, 11) is 0. The van der Waals surface area contributed by atoms with Crippen molar-refractivity contribution >= 4 is 35.1 Å². The Morgan fingerprint density at radius 2 is 1.57 bits per heavy atom. The molecule has 6 nitrogen and oxygen atoms in total. The lowest BCUT2D eigenvalue weighted by Gasteiger charge is -2.09. The van der Waals surface area contributed by atoms with Gasteiger partial charge in [-0.05, 0) is 36.8 Å². The third kappa shape index (κ3) is 4.62. The van der Waals surface area contributed by atoms with E-state index in [4.69, 9.17) is 0 Å². The Morgan fingerprint density at radius 3 is 2.27 bits per heavy atom. The summed E-state index contributed by atoms with van der Waals surface area (Å²) in [5.41, 5.74) is 3.92. The molecule has 4 aromatic rings. The molecule has 0 atom stereocenters. The van der Waals surface area contributed by atoms with Gasteiger partial charge in [-0.15, -0.1) is 0 Å². The fourth-order valence-corrected chi connectivity index (χ4v) is 2.90. The number of aromatic nitrogens is 2. The Labute approximate surface area is 174 Å². The van der Waals surface area contributed by atoms with Crippen LogP contribution < -0.4 is 10.6 Å². The lowest BCUT2D eigenvalue weighted by Crippen LogP contribution is -2.13. The lowest BCUT2D eigenvalue weighted by atomic mass is 10.2. The molecule has 30 heavy (non-hydrogen) atoms. The number of carbonyl (C=O) groups excluding carboxylic acids is 1. The quantitative estimate of drug-likeness (QED) is 0.379. The van der Waals surface area contributed by atoms with Crippen LogP contribution in [-0.4, -0.2) is 22.3 Å². The number of hydrogen-bond acceptors (Lipinski definition) is 4. The number of para-hydroxylation sites is 1. The van der Waals surface area contributed by atoms with Crippen molar-refractivity contribution in [2.24, 2.45) is 4.99 Å². The average Bonchev–Trinajstić information content (AvgIpc) is 3.18. The molecule has 0 saturated heterocycles. The van der Waals surface area contributed by atoms with E-state index in [9.17, 15) is 4.79 Å². The molecule has 3 aromatic carbocycles. The van der Waals surface area contributed by atoms with Crippen LogP contribution in [0, 0.1) is 6.92 Å². The molecule has 0 fully saturated rings. The van der Waals surface area contributed by atoms with Crippen molar-refractivity contribution in [3.63, 3.8) is 0 Å². The number of benzene rings is 3. The van der Waals surface area contributed by atoms with Crippen LogP contribution in [0.4, 0.5) is 23.0 Å². The number of aromatic amines is 1. The summed E-state index contributed by atoms with van der Waals surface area (Å²) in [5.74, 6) is 0.485. The van der Waals surface area contributed by atoms with E-state index in [-0.39, 0.29) is 5.91 Å². The second-order valence-corrected chi connectivity index (χ2v) is 6.78. The third-order valence-electron chi connectivity index (χ3n) is 4.46. The summed E-state index contributed by atoms with van der Waals surface area (Å²) in [6.45, 7) is 2.00. The molecule has 0 aliphatic rings. The van der Waals surface area contributed by atoms with Crippen LogP contribution in [0.2, 0.25) is 0 Å². The molecule has 1 amide bonds. The first-order chi connectivity index (χ1) is 14.7. The van der Waals surface area contributed by atoms with E-state index in [1.54, 1.807) is 6.21 Å². The van der Waals surface area contributed by atoms with Gasteiger partial charge in [-0.25, -0.2) is 4.99 Å². The molecule has 0 aliphatic carbocycles. The summed E-state index contributed by atoms with van der Waals surface area (Å²) in [5, 5.41) is 13.3. The van der Waals surface area contributed by atoms with Crippen molar-refractivity contribution < 1.29 is 4.79 Å². The highest BCUT2D eigenvalue weighted by Gasteiger charge is 2.21. The van der Waals surface area contributed by atoms with Crippen LogP contribution in [0.3, 0.4) is 0 Å². The van der Waals surface area contributed by atoms with E-state index in [0.717, 1.165) is 16.8 Å². The summed E-state index contributed by atoms with van der Waals surface area (Å²) in [6, 6.07) is 26.9. The van der Waals surface area contributed by atoms with E-state index in [1.807, 2.05) is 91.9 Å². The molecule has 6 heteroatoms. The van der Waals surface area contributed by atoms with E-state index < -0.39 is 0 Å². The Hall–Kier alpha value is -4.19. The first kappa shape index (κ1) is 19.1. The van der Waals surface area contributed by atoms with Crippen LogP contribution in [0.15, 0.2) is 89.9 Å². The molecule has 3 N–H and O–H groups in total. The normalized spacial score (nSPS) is 10.8. The summed E-state index contributed by atoms with van der Waals surface area (Å²) < 4.78 is 0. The van der Waals surface area contributed by atoms with Gasteiger partial charge in [0.1, 0.15) is 11.4 Å². The summed E-state index contributed by atoms with van der Waals surface area (Å²) >= 11 is 0. The number of aryl methyl sites for hydroxylation is 1. The molecule has 0 bridgehead atoms. The average molecular weight is 395 g/mol. The SMILES string of the molecule is Cc1ccc(NC(=O)c2c(N=Cc3ccccc3)n[nH]c2Nc2ccccc2)cc1. The van der Waals surface area contributed by atoms with Gasteiger partial charge in [0.2, 0.25) is 0 Å². The second-order valence-electron chi connectivity index (χ2n) is 6.78. The highest BCUT2D eigenvalue weighted by Crippen LogP contribution is 2.27. The van der Waals surface area contributed by atoms with E-state index >= 15 is 0 Å². The molecule has 148 valence electrons. The molecular weight excluding hydrogens is 374 g/mol. The molecular formula is C24H21N5O. The molecule has 4 rings (SSSR count). The standard InChI is InChI=1S/C24H21N5O/c1-17-12-14-20(15-13-17)27-24(30)21-22(25-16-18-8-4-2-5-9-18)28-29-23(21)26-19-10-6-3-7-11-19/h2-16H,1H3,(H,27,30)(H2,26,28,29). The van der Waals surface area contributed by atoms with Crippen LogP contribution in [0.1, 0.15) is 21.5 Å². The number of amides is 1. The molecule has 0 radical (unpaired) electrons. The Bertz CT molecular complexity index is 1150. The van der Waals surface area contributed by atoms with Gasteiger partial charge in [0.25, 0.3) is 5.91 Å². The van der Waals surface area contributed by atoms with Gasteiger partial charge in [-0.3, -0.25) is 9.89 Å². The monoisotopic (exact) mass is 395 g/mol. The van der Waals surface area contributed by atoms with Gasteiger partial charge in [-0.2, -0.15) is 5.10 Å². The molecule has 1 aromatic heterocycles. The first-order valence-corrected chi connectivity index (χ1v) is 9.56.